The van der Waals surface area contributed by atoms with Gasteiger partial charge in [0.1, 0.15) is 5.52 Å². The van der Waals surface area contributed by atoms with Gasteiger partial charge in [-0.2, -0.15) is 0 Å². The van der Waals surface area contributed by atoms with Gasteiger partial charge in [-0.15, -0.1) is 0 Å². The summed E-state index contributed by atoms with van der Waals surface area (Å²) in [6.45, 7) is 0. The Morgan fingerprint density at radius 2 is 2.10 bits per heavy atom. The first-order chi connectivity index (χ1) is 10.1. The van der Waals surface area contributed by atoms with Gasteiger partial charge in [0.05, 0.1) is 5.56 Å². The van der Waals surface area contributed by atoms with Crippen LogP contribution in [0.1, 0.15) is 15.9 Å². The van der Waals surface area contributed by atoms with Crippen molar-refractivity contribution < 1.29 is 14.3 Å². The summed E-state index contributed by atoms with van der Waals surface area (Å²) in [6, 6.07) is 12.2. The van der Waals surface area contributed by atoms with E-state index in [4.69, 9.17) is 21.1 Å². The monoisotopic (exact) mass is 319 g/mol. The fraction of sp³-hybridized carbons (Fsp3) is 0.0667. The minimum absolute atomic E-state index is 0.176. The lowest BCUT2D eigenvalue weighted by Gasteiger charge is -2.03. The molecule has 3 aromatic rings. The van der Waals surface area contributed by atoms with Crippen LogP contribution in [0.25, 0.3) is 11.1 Å². The van der Waals surface area contributed by atoms with Crippen molar-refractivity contribution in [3.63, 3.8) is 0 Å². The molecule has 0 radical (unpaired) electrons. The molecule has 0 unspecified atom stereocenters. The van der Waals surface area contributed by atoms with Crippen molar-refractivity contribution in [2.24, 2.45) is 0 Å². The summed E-state index contributed by atoms with van der Waals surface area (Å²) in [4.78, 5) is 15.2. The van der Waals surface area contributed by atoms with E-state index in [0.29, 0.717) is 16.0 Å². The molecule has 0 bridgehead atoms. The summed E-state index contributed by atoms with van der Waals surface area (Å²) < 4.78 is 5.61. The zero-order valence-corrected chi connectivity index (χ0v) is 12.3. The molecule has 21 heavy (non-hydrogen) atoms. The Morgan fingerprint density at radius 3 is 2.81 bits per heavy atom. The van der Waals surface area contributed by atoms with Crippen molar-refractivity contribution in [3.8, 4) is 0 Å². The first-order valence-corrected chi connectivity index (χ1v) is 7.50. The summed E-state index contributed by atoms with van der Waals surface area (Å²) in [7, 11) is 0. The minimum atomic E-state index is -0.991. The topological polar surface area (TPSA) is 63.3 Å². The number of hydrogen-bond acceptors (Lipinski definition) is 4. The predicted octanol–water partition coefficient (Wildman–Crippen LogP) is 4.47. The highest BCUT2D eigenvalue weighted by Gasteiger charge is 2.10. The van der Waals surface area contributed by atoms with Gasteiger partial charge < -0.3 is 9.52 Å². The van der Waals surface area contributed by atoms with E-state index < -0.39 is 5.97 Å². The first kappa shape index (κ1) is 14.0. The van der Waals surface area contributed by atoms with Crippen molar-refractivity contribution in [2.75, 3.05) is 0 Å². The molecule has 0 amide bonds. The molecule has 1 heterocycles. The first-order valence-electron chi connectivity index (χ1n) is 6.13. The smallest absolute Gasteiger partial charge is 0.335 e. The molecule has 0 saturated carbocycles. The molecule has 0 spiro atoms. The van der Waals surface area contributed by atoms with Crippen LogP contribution in [0.5, 0.6) is 0 Å². The molecular formula is C15H10ClNO3S. The number of para-hydroxylation sites is 2. The van der Waals surface area contributed by atoms with E-state index in [9.17, 15) is 4.79 Å². The van der Waals surface area contributed by atoms with Crippen LogP contribution in [0.3, 0.4) is 0 Å². The minimum Gasteiger partial charge on any atom is -0.478 e. The second-order valence-corrected chi connectivity index (χ2v) is 5.68. The number of rotatable bonds is 4. The molecule has 106 valence electrons. The number of carbonyl (C=O) groups is 1. The second-order valence-electron chi connectivity index (χ2n) is 4.35. The molecule has 0 aliphatic heterocycles. The maximum Gasteiger partial charge on any atom is 0.335 e. The number of halogens is 1. The Balaban J connectivity index is 1.76. The lowest BCUT2D eigenvalue weighted by Crippen LogP contribution is -1.96. The molecule has 0 atom stereocenters. The van der Waals surface area contributed by atoms with Crippen LogP contribution in [-0.2, 0) is 5.75 Å². The number of carboxylic acid groups (broad SMARTS) is 1. The molecular weight excluding hydrogens is 310 g/mol. The number of aromatic carboxylic acids is 1. The fourth-order valence-corrected chi connectivity index (χ4v) is 3.02. The van der Waals surface area contributed by atoms with Gasteiger partial charge in [0, 0.05) is 10.8 Å². The van der Waals surface area contributed by atoms with Crippen molar-refractivity contribution in [3.05, 3.63) is 58.6 Å². The molecule has 1 N–H and O–H groups in total. The molecule has 1 aromatic heterocycles. The Kier molecular flexibility index (Phi) is 3.86. The molecule has 0 aliphatic rings. The Morgan fingerprint density at radius 1 is 1.29 bits per heavy atom. The Bertz CT molecular complexity index is 783. The summed E-state index contributed by atoms with van der Waals surface area (Å²) in [5.41, 5.74) is 2.57. The quantitative estimate of drug-likeness (QED) is 0.719. The second kappa shape index (κ2) is 5.79. The van der Waals surface area contributed by atoms with Gasteiger partial charge in [0.2, 0.25) is 0 Å². The van der Waals surface area contributed by atoms with Gasteiger partial charge in [-0.05, 0) is 29.8 Å². The highest BCUT2D eigenvalue weighted by molar-refractivity contribution is 7.98. The number of carboxylic acids is 1. The van der Waals surface area contributed by atoms with Crippen molar-refractivity contribution >= 4 is 40.4 Å². The Hall–Kier alpha value is -1.98. The molecule has 2 aromatic carbocycles. The summed E-state index contributed by atoms with van der Waals surface area (Å²) in [5.74, 6) is -0.430. The molecule has 4 nitrogen and oxygen atoms in total. The number of benzene rings is 2. The molecule has 0 aliphatic carbocycles. The largest absolute Gasteiger partial charge is 0.478 e. The third kappa shape index (κ3) is 3.04. The summed E-state index contributed by atoms with van der Waals surface area (Å²) >= 11 is 7.51. The van der Waals surface area contributed by atoms with Gasteiger partial charge in [-0.25, -0.2) is 9.78 Å². The van der Waals surface area contributed by atoms with E-state index in [2.05, 4.69) is 4.98 Å². The van der Waals surface area contributed by atoms with Gasteiger partial charge in [0.25, 0.3) is 5.22 Å². The van der Waals surface area contributed by atoms with Crippen molar-refractivity contribution in [1.82, 2.24) is 4.98 Å². The lowest BCUT2D eigenvalue weighted by atomic mass is 10.1. The molecule has 3 rings (SSSR count). The van der Waals surface area contributed by atoms with E-state index in [1.807, 2.05) is 24.3 Å². The number of fused-ring (bicyclic) bond motifs is 1. The van der Waals surface area contributed by atoms with Crippen LogP contribution in [0.15, 0.2) is 52.1 Å². The number of hydrogen-bond donors (Lipinski definition) is 1. The van der Waals surface area contributed by atoms with Crippen LogP contribution in [0.4, 0.5) is 0 Å². The predicted molar refractivity (Wildman–Crippen MR) is 82.0 cm³/mol. The number of nitrogens with zero attached hydrogens (tertiary/aromatic N) is 1. The zero-order chi connectivity index (χ0) is 14.8. The molecule has 6 heteroatoms. The normalized spacial score (nSPS) is 10.9. The Labute approximate surface area is 129 Å². The van der Waals surface area contributed by atoms with E-state index in [-0.39, 0.29) is 5.56 Å². The third-order valence-corrected chi connectivity index (χ3v) is 4.15. The highest BCUT2D eigenvalue weighted by Crippen LogP contribution is 2.29. The number of aromatic nitrogens is 1. The van der Waals surface area contributed by atoms with Crippen LogP contribution in [0.2, 0.25) is 5.02 Å². The van der Waals surface area contributed by atoms with Crippen molar-refractivity contribution in [1.29, 1.82) is 0 Å². The average Bonchev–Trinajstić information content (AvgIpc) is 2.88. The fourth-order valence-electron chi connectivity index (χ4n) is 1.85. The zero-order valence-electron chi connectivity index (χ0n) is 10.7. The summed E-state index contributed by atoms with van der Waals surface area (Å²) in [6.07, 6.45) is 0. The van der Waals surface area contributed by atoms with Gasteiger partial charge in [0.15, 0.2) is 5.58 Å². The SMILES string of the molecule is O=C(O)c1ccc(CSc2nc3ccccc3o2)c(Cl)c1. The highest BCUT2D eigenvalue weighted by atomic mass is 35.5. The van der Waals surface area contributed by atoms with Gasteiger partial charge in [-0.1, -0.05) is 41.6 Å². The van der Waals surface area contributed by atoms with Crippen LogP contribution >= 0.6 is 23.4 Å². The third-order valence-electron chi connectivity index (χ3n) is 2.93. The average molecular weight is 320 g/mol. The van der Waals surface area contributed by atoms with Gasteiger partial charge in [-0.3, -0.25) is 0 Å². The summed E-state index contributed by atoms with van der Waals surface area (Å²) in [5, 5.41) is 9.89. The van der Waals surface area contributed by atoms with Crippen LogP contribution in [0, 0.1) is 0 Å². The number of oxazole rings is 1. The maximum atomic E-state index is 10.9. The standard InChI is InChI=1S/C15H10ClNO3S/c16-11-7-9(14(18)19)5-6-10(11)8-21-15-17-12-3-1-2-4-13(12)20-15/h1-7H,8H2,(H,18,19). The van der Waals surface area contributed by atoms with Crippen LogP contribution in [-0.4, -0.2) is 16.1 Å². The van der Waals surface area contributed by atoms with E-state index in [1.54, 1.807) is 6.07 Å². The van der Waals surface area contributed by atoms with E-state index in [1.165, 1.54) is 23.9 Å². The van der Waals surface area contributed by atoms with E-state index >= 15 is 0 Å². The van der Waals surface area contributed by atoms with Crippen molar-refractivity contribution in [2.45, 2.75) is 11.0 Å². The maximum absolute atomic E-state index is 10.9. The van der Waals surface area contributed by atoms with E-state index in [0.717, 1.165) is 16.7 Å². The molecule has 0 saturated heterocycles. The van der Waals surface area contributed by atoms with Crippen LogP contribution < -0.4 is 0 Å². The lowest BCUT2D eigenvalue weighted by molar-refractivity contribution is 0.0697. The molecule has 0 fully saturated rings. The van der Waals surface area contributed by atoms with Gasteiger partial charge >= 0.3 is 5.97 Å². The number of thioether (sulfide) groups is 1.